The molecule has 0 radical (unpaired) electrons. The van der Waals surface area contributed by atoms with Crippen LogP contribution in [0.5, 0.6) is 0 Å². The summed E-state index contributed by atoms with van der Waals surface area (Å²) in [5.74, 6) is -0.145. The number of carbonyl (C=O) groups is 2. The SMILES string of the molecule is CN(C(=O)N1CCCC[C@@H](NC(=O)c2cnn(C)c2)C1)c1ccccc1. The van der Waals surface area contributed by atoms with Gasteiger partial charge in [-0.05, 0) is 31.4 Å². The van der Waals surface area contributed by atoms with Gasteiger partial charge < -0.3 is 10.2 Å². The third-order valence-corrected chi connectivity index (χ3v) is 4.67. The van der Waals surface area contributed by atoms with Crippen LogP contribution in [0.4, 0.5) is 10.5 Å². The van der Waals surface area contributed by atoms with E-state index in [0.717, 1.165) is 24.9 Å². The van der Waals surface area contributed by atoms with Crippen molar-refractivity contribution in [1.29, 1.82) is 0 Å². The summed E-state index contributed by atoms with van der Waals surface area (Å²) < 4.78 is 1.60. The van der Waals surface area contributed by atoms with Crippen LogP contribution in [0.1, 0.15) is 29.6 Å². The van der Waals surface area contributed by atoms with Gasteiger partial charge >= 0.3 is 6.03 Å². The van der Waals surface area contributed by atoms with Crippen molar-refractivity contribution in [2.45, 2.75) is 25.3 Å². The van der Waals surface area contributed by atoms with Crippen molar-refractivity contribution in [1.82, 2.24) is 20.0 Å². The molecule has 1 N–H and O–H groups in total. The highest BCUT2D eigenvalue weighted by Crippen LogP contribution is 2.17. The van der Waals surface area contributed by atoms with E-state index in [0.29, 0.717) is 18.7 Å². The number of nitrogens with one attached hydrogen (secondary N) is 1. The number of hydrogen-bond acceptors (Lipinski definition) is 3. The smallest absolute Gasteiger partial charge is 0.324 e. The van der Waals surface area contributed by atoms with Gasteiger partial charge in [-0.2, -0.15) is 5.10 Å². The molecule has 1 aliphatic rings. The van der Waals surface area contributed by atoms with E-state index >= 15 is 0 Å². The number of nitrogens with zero attached hydrogens (tertiary/aromatic N) is 4. The average Bonchev–Trinajstić information content (AvgIpc) is 2.96. The van der Waals surface area contributed by atoms with Gasteiger partial charge in [0, 0.05) is 45.1 Å². The molecule has 1 aliphatic heterocycles. The number of aromatic nitrogens is 2. The Hall–Kier alpha value is -2.83. The predicted molar refractivity (Wildman–Crippen MR) is 100 cm³/mol. The summed E-state index contributed by atoms with van der Waals surface area (Å²) in [5.41, 5.74) is 1.40. The van der Waals surface area contributed by atoms with E-state index in [1.165, 1.54) is 0 Å². The van der Waals surface area contributed by atoms with Crippen LogP contribution in [-0.4, -0.2) is 52.8 Å². The number of para-hydroxylation sites is 1. The number of urea groups is 1. The van der Waals surface area contributed by atoms with Crippen LogP contribution in [0.2, 0.25) is 0 Å². The van der Waals surface area contributed by atoms with E-state index in [1.807, 2.05) is 35.2 Å². The van der Waals surface area contributed by atoms with Gasteiger partial charge in [-0.15, -0.1) is 0 Å². The minimum absolute atomic E-state index is 0.0428. The summed E-state index contributed by atoms with van der Waals surface area (Å²) in [6, 6.07) is 9.49. The highest BCUT2D eigenvalue weighted by molar-refractivity contribution is 5.94. The minimum atomic E-state index is -0.145. The first-order valence-corrected chi connectivity index (χ1v) is 8.92. The summed E-state index contributed by atoms with van der Waals surface area (Å²) in [6.07, 6.45) is 6.03. The first kappa shape index (κ1) is 18.0. The van der Waals surface area contributed by atoms with Crippen molar-refractivity contribution in [3.8, 4) is 0 Å². The van der Waals surface area contributed by atoms with Gasteiger partial charge in [0.2, 0.25) is 0 Å². The highest BCUT2D eigenvalue weighted by atomic mass is 16.2. The Bertz CT molecular complexity index is 758. The zero-order valence-electron chi connectivity index (χ0n) is 15.3. The second-order valence-electron chi connectivity index (χ2n) is 6.69. The Balaban J connectivity index is 1.65. The summed E-state index contributed by atoms with van der Waals surface area (Å²) in [4.78, 5) is 28.8. The van der Waals surface area contributed by atoms with Crippen LogP contribution < -0.4 is 10.2 Å². The highest BCUT2D eigenvalue weighted by Gasteiger charge is 2.26. The minimum Gasteiger partial charge on any atom is -0.347 e. The summed E-state index contributed by atoms with van der Waals surface area (Å²) >= 11 is 0. The van der Waals surface area contributed by atoms with Gasteiger partial charge in [-0.25, -0.2) is 4.79 Å². The number of anilines is 1. The Morgan fingerprint density at radius 3 is 2.69 bits per heavy atom. The lowest BCUT2D eigenvalue weighted by Gasteiger charge is -2.29. The molecule has 0 unspecified atom stereocenters. The second kappa shape index (κ2) is 8.03. The number of hydrogen-bond donors (Lipinski definition) is 1. The number of rotatable bonds is 3. The van der Waals surface area contributed by atoms with Gasteiger partial charge in [0.1, 0.15) is 0 Å². The molecule has 3 rings (SSSR count). The molecule has 7 nitrogen and oxygen atoms in total. The predicted octanol–water partition coefficient (Wildman–Crippen LogP) is 2.26. The molecule has 7 heteroatoms. The Kier molecular flexibility index (Phi) is 5.55. The number of benzene rings is 1. The van der Waals surface area contributed by atoms with Gasteiger partial charge in [-0.1, -0.05) is 18.2 Å². The lowest BCUT2D eigenvalue weighted by Crippen LogP contribution is -2.48. The van der Waals surface area contributed by atoms with E-state index in [9.17, 15) is 9.59 Å². The van der Waals surface area contributed by atoms with Crippen LogP contribution in [-0.2, 0) is 7.05 Å². The molecule has 2 heterocycles. The van der Waals surface area contributed by atoms with Crippen LogP contribution in [0.3, 0.4) is 0 Å². The number of carbonyl (C=O) groups excluding carboxylic acids is 2. The first-order chi connectivity index (χ1) is 12.5. The van der Waals surface area contributed by atoms with Gasteiger partial charge in [0.25, 0.3) is 5.91 Å². The van der Waals surface area contributed by atoms with E-state index < -0.39 is 0 Å². The van der Waals surface area contributed by atoms with Crippen LogP contribution >= 0.6 is 0 Å². The molecule has 1 saturated heterocycles. The van der Waals surface area contributed by atoms with Gasteiger partial charge in [0.05, 0.1) is 11.8 Å². The maximum absolute atomic E-state index is 12.9. The van der Waals surface area contributed by atoms with E-state index in [1.54, 1.807) is 36.1 Å². The molecule has 0 saturated carbocycles. The molecular formula is C19H25N5O2. The second-order valence-corrected chi connectivity index (χ2v) is 6.69. The van der Waals surface area contributed by atoms with Crippen molar-refractivity contribution in [2.24, 2.45) is 7.05 Å². The molecule has 138 valence electrons. The Morgan fingerprint density at radius 1 is 1.23 bits per heavy atom. The van der Waals surface area contributed by atoms with Crippen molar-refractivity contribution in [2.75, 3.05) is 25.0 Å². The van der Waals surface area contributed by atoms with Gasteiger partial charge in [-0.3, -0.25) is 14.4 Å². The normalized spacial score (nSPS) is 17.5. The third kappa shape index (κ3) is 4.22. The van der Waals surface area contributed by atoms with E-state index in [2.05, 4.69) is 10.4 Å². The number of amides is 3. The lowest BCUT2D eigenvalue weighted by atomic mass is 10.1. The fourth-order valence-corrected chi connectivity index (χ4v) is 3.21. The monoisotopic (exact) mass is 355 g/mol. The zero-order chi connectivity index (χ0) is 18.5. The van der Waals surface area contributed by atoms with Crippen LogP contribution in [0.25, 0.3) is 0 Å². The summed E-state index contributed by atoms with van der Waals surface area (Å²) in [5, 5.41) is 7.08. The van der Waals surface area contributed by atoms with Crippen molar-refractivity contribution in [3.63, 3.8) is 0 Å². The fraction of sp³-hybridized carbons (Fsp3) is 0.421. The molecular weight excluding hydrogens is 330 g/mol. The Morgan fingerprint density at radius 2 is 2.00 bits per heavy atom. The molecule has 1 atom stereocenters. The zero-order valence-corrected chi connectivity index (χ0v) is 15.3. The van der Waals surface area contributed by atoms with Crippen molar-refractivity contribution < 1.29 is 9.59 Å². The number of likely N-dealkylation sites (tertiary alicyclic amines) is 1. The Labute approximate surface area is 153 Å². The molecule has 2 aromatic rings. The third-order valence-electron chi connectivity index (χ3n) is 4.67. The quantitative estimate of drug-likeness (QED) is 0.918. The maximum atomic E-state index is 12.9. The lowest BCUT2D eigenvalue weighted by molar-refractivity contribution is 0.0928. The van der Waals surface area contributed by atoms with Gasteiger partial charge in [0.15, 0.2) is 0 Å². The molecule has 1 fully saturated rings. The molecule has 26 heavy (non-hydrogen) atoms. The molecule has 0 bridgehead atoms. The van der Waals surface area contributed by atoms with E-state index in [4.69, 9.17) is 0 Å². The topological polar surface area (TPSA) is 70.5 Å². The standard InChI is InChI=1S/C19H25N5O2/c1-22-13-15(12-20-22)18(25)21-16-8-6-7-11-24(14-16)19(26)23(2)17-9-4-3-5-10-17/h3-5,9-10,12-13,16H,6-8,11,14H2,1-2H3,(H,21,25)/t16-/m1/s1. The van der Waals surface area contributed by atoms with Crippen molar-refractivity contribution in [3.05, 3.63) is 48.3 Å². The average molecular weight is 355 g/mol. The molecule has 1 aromatic carbocycles. The molecule has 3 amide bonds. The first-order valence-electron chi connectivity index (χ1n) is 8.92. The molecule has 0 aliphatic carbocycles. The van der Waals surface area contributed by atoms with E-state index in [-0.39, 0.29) is 18.0 Å². The summed E-state index contributed by atoms with van der Waals surface area (Å²) in [6.45, 7) is 1.22. The number of aryl methyl sites for hydroxylation is 1. The van der Waals surface area contributed by atoms with Crippen LogP contribution in [0.15, 0.2) is 42.7 Å². The summed E-state index contributed by atoms with van der Waals surface area (Å²) in [7, 11) is 3.56. The largest absolute Gasteiger partial charge is 0.347 e. The molecule has 1 aromatic heterocycles. The van der Waals surface area contributed by atoms with Crippen LogP contribution in [0, 0.1) is 0 Å². The maximum Gasteiger partial charge on any atom is 0.324 e. The molecule has 0 spiro atoms. The fourth-order valence-electron chi connectivity index (χ4n) is 3.21. The van der Waals surface area contributed by atoms with Crippen molar-refractivity contribution >= 4 is 17.6 Å².